The van der Waals surface area contributed by atoms with Gasteiger partial charge < -0.3 is 4.74 Å². The third-order valence-corrected chi connectivity index (χ3v) is 2.65. The van der Waals surface area contributed by atoms with E-state index < -0.39 is 23.7 Å². The van der Waals surface area contributed by atoms with Crippen molar-refractivity contribution < 1.29 is 26.7 Å². The van der Waals surface area contributed by atoms with E-state index in [0.29, 0.717) is 0 Å². The molecule has 0 radical (unpaired) electrons. The van der Waals surface area contributed by atoms with E-state index >= 15 is 0 Å². The van der Waals surface area contributed by atoms with E-state index in [1.807, 2.05) is 0 Å². The number of hydrogen-bond donors (Lipinski definition) is 0. The summed E-state index contributed by atoms with van der Waals surface area (Å²) in [6.45, 7) is 1.42. The molecule has 0 N–H and O–H groups in total. The van der Waals surface area contributed by atoms with E-state index in [1.165, 1.54) is 19.1 Å². The fourth-order valence-corrected chi connectivity index (χ4v) is 1.70. The molecule has 0 aromatic heterocycles. The van der Waals surface area contributed by atoms with E-state index in [4.69, 9.17) is 0 Å². The average molecular weight is 288 g/mol. The van der Waals surface area contributed by atoms with Gasteiger partial charge in [0.05, 0.1) is 0 Å². The van der Waals surface area contributed by atoms with Crippen LogP contribution in [0.5, 0.6) is 5.75 Å². The molecule has 0 unspecified atom stereocenters. The zero-order chi connectivity index (χ0) is 14.9. The molecule has 0 heterocycles. The second-order valence-corrected chi connectivity index (χ2v) is 4.15. The Morgan fingerprint density at radius 3 is 2.05 bits per heavy atom. The Morgan fingerprint density at radius 2 is 1.50 bits per heavy atom. The quantitative estimate of drug-likeness (QED) is 0.718. The highest BCUT2D eigenvalue weighted by atomic mass is 19.4. The van der Waals surface area contributed by atoms with Crippen molar-refractivity contribution in [2.24, 2.45) is 0 Å². The highest BCUT2D eigenvalue weighted by Gasteiger charge is 2.31. The van der Waals surface area contributed by atoms with Crippen LogP contribution < -0.4 is 4.74 Å². The number of rotatable bonds is 2. The molecule has 0 saturated carbocycles. The van der Waals surface area contributed by atoms with Crippen molar-refractivity contribution >= 4 is 0 Å². The Hall–Kier alpha value is -2.11. The van der Waals surface area contributed by atoms with Crippen LogP contribution in [-0.2, 0) is 0 Å². The second-order valence-electron chi connectivity index (χ2n) is 4.15. The molecule has 106 valence electrons. The van der Waals surface area contributed by atoms with Gasteiger partial charge in [-0.05, 0) is 42.3 Å². The van der Waals surface area contributed by atoms with E-state index in [2.05, 4.69) is 4.74 Å². The van der Waals surface area contributed by atoms with Gasteiger partial charge in [0.1, 0.15) is 17.4 Å². The van der Waals surface area contributed by atoms with Crippen molar-refractivity contribution in [3.8, 4) is 16.9 Å². The largest absolute Gasteiger partial charge is 0.573 e. The van der Waals surface area contributed by atoms with Gasteiger partial charge in [-0.25, -0.2) is 8.78 Å². The van der Waals surface area contributed by atoms with Crippen molar-refractivity contribution in [3.05, 3.63) is 53.6 Å². The Morgan fingerprint density at radius 1 is 0.900 bits per heavy atom. The maximum absolute atomic E-state index is 13.7. The van der Waals surface area contributed by atoms with Crippen molar-refractivity contribution in [3.63, 3.8) is 0 Å². The smallest absolute Gasteiger partial charge is 0.406 e. The molecule has 20 heavy (non-hydrogen) atoms. The van der Waals surface area contributed by atoms with Gasteiger partial charge in [-0.3, -0.25) is 0 Å². The third kappa shape index (κ3) is 3.26. The van der Waals surface area contributed by atoms with Crippen molar-refractivity contribution in [1.29, 1.82) is 0 Å². The lowest BCUT2D eigenvalue weighted by molar-refractivity contribution is -0.274. The summed E-state index contributed by atoms with van der Waals surface area (Å²) in [5, 5.41) is 0. The zero-order valence-electron chi connectivity index (χ0n) is 10.3. The summed E-state index contributed by atoms with van der Waals surface area (Å²) in [7, 11) is 0. The van der Waals surface area contributed by atoms with Gasteiger partial charge in [-0.1, -0.05) is 12.1 Å². The lowest BCUT2D eigenvalue weighted by Gasteiger charge is -2.10. The van der Waals surface area contributed by atoms with Gasteiger partial charge in [-0.15, -0.1) is 13.2 Å². The topological polar surface area (TPSA) is 9.23 Å². The highest BCUT2D eigenvalue weighted by molar-refractivity contribution is 5.65. The van der Waals surface area contributed by atoms with Crippen LogP contribution in [0.3, 0.4) is 0 Å². The number of hydrogen-bond acceptors (Lipinski definition) is 1. The predicted octanol–water partition coefficient (Wildman–Crippen LogP) is 4.84. The zero-order valence-corrected chi connectivity index (χ0v) is 10.3. The van der Waals surface area contributed by atoms with Crippen molar-refractivity contribution in [1.82, 2.24) is 0 Å². The van der Waals surface area contributed by atoms with Gasteiger partial charge in [0.15, 0.2) is 0 Å². The van der Waals surface area contributed by atoms with Crippen LogP contribution in [0.2, 0.25) is 0 Å². The van der Waals surface area contributed by atoms with E-state index in [0.717, 1.165) is 24.3 Å². The molecule has 6 heteroatoms. The summed E-state index contributed by atoms with van der Waals surface area (Å²) < 4.78 is 66.8. The summed E-state index contributed by atoms with van der Waals surface area (Å²) >= 11 is 0. The van der Waals surface area contributed by atoms with Gasteiger partial charge in [0.25, 0.3) is 0 Å². The van der Waals surface area contributed by atoms with E-state index in [9.17, 15) is 22.0 Å². The first kappa shape index (κ1) is 14.3. The molecule has 2 aromatic carbocycles. The summed E-state index contributed by atoms with van der Waals surface area (Å²) in [5.74, 6) is -1.65. The van der Waals surface area contributed by atoms with E-state index in [-0.39, 0.29) is 16.7 Å². The maximum atomic E-state index is 13.7. The minimum atomic E-state index is -4.79. The van der Waals surface area contributed by atoms with Crippen molar-refractivity contribution in [2.45, 2.75) is 13.3 Å². The molecular weight excluding hydrogens is 279 g/mol. The van der Waals surface area contributed by atoms with Gasteiger partial charge in [0, 0.05) is 5.56 Å². The fourth-order valence-electron chi connectivity index (χ4n) is 1.70. The average Bonchev–Trinajstić information content (AvgIpc) is 2.33. The minimum absolute atomic E-state index is 0.0216. The second kappa shape index (κ2) is 5.11. The molecule has 0 bridgehead atoms. The standard InChI is InChI=1S/C14H9F5O/c1-8-6-13(16)11(7-12(8)15)9-2-4-10(5-3-9)20-14(17,18)19/h2-7H,1H3. The molecule has 2 rings (SSSR count). The Balaban J connectivity index is 2.33. The fraction of sp³-hybridized carbons (Fsp3) is 0.143. The molecule has 0 fully saturated rings. The van der Waals surface area contributed by atoms with Gasteiger partial charge in [-0.2, -0.15) is 0 Å². The lowest BCUT2D eigenvalue weighted by atomic mass is 10.0. The number of benzene rings is 2. The third-order valence-electron chi connectivity index (χ3n) is 2.65. The van der Waals surface area contributed by atoms with Crippen LogP contribution in [-0.4, -0.2) is 6.36 Å². The van der Waals surface area contributed by atoms with Crippen LogP contribution in [0.15, 0.2) is 36.4 Å². The first-order valence-electron chi connectivity index (χ1n) is 5.58. The highest BCUT2D eigenvalue weighted by Crippen LogP contribution is 2.29. The molecule has 0 aliphatic heterocycles. The molecule has 1 nitrogen and oxygen atoms in total. The number of aryl methyl sites for hydroxylation is 1. The summed E-state index contributed by atoms with van der Waals surface area (Å²) in [6.07, 6.45) is -4.79. The van der Waals surface area contributed by atoms with Gasteiger partial charge >= 0.3 is 6.36 Å². The summed E-state index contributed by atoms with van der Waals surface area (Å²) in [4.78, 5) is 0. The predicted molar refractivity (Wildman–Crippen MR) is 63.2 cm³/mol. The van der Waals surface area contributed by atoms with E-state index in [1.54, 1.807) is 0 Å². The molecule has 0 amide bonds. The lowest BCUT2D eigenvalue weighted by Crippen LogP contribution is -2.16. The van der Waals surface area contributed by atoms with Crippen LogP contribution >= 0.6 is 0 Å². The van der Waals surface area contributed by atoms with Crippen LogP contribution in [0, 0.1) is 18.6 Å². The van der Waals surface area contributed by atoms with Crippen LogP contribution in [0.1, 0.15) is 5.56 Å². The molecule has 0 atom stereocenters. The Bertz CT molecular complexity index is 617. The number of ether oxygens (including phenoxy) is 1. The first-order valence-corrected chi connectivity index (χ1v) is 5.58. The normalized spacial score (nSPS) is 11.5. The molecule has 0 saturated heterocycles. The SMILES string of the molecule is Cc1cc(F)c(-c2ccc(OC(F)(F)F)cc2)cc1F. The molecular formula is C14H9F5O. The monoisotopic (exact) mass is 288 g/mol. The van der Waals surface area contributed by atoms with Crippen LogP contribution in [0.25, 0.3) is 11.1 Å². The molecule has 0 aliphatic carbocycles. The van der Waals surface area contributed by atoms with Crippen LogP contribution in [0.4, 0.5) is 22.0 Å². The number of halogens is 5. The Kier molecular flexibility index (Phi) is 3.65. The van der Waals surface area contributed by atoms with Crippen molar-refractivity contribution in [2.75, 3.05) is 0 Å². The molecule has 0 spiro atoms. The summed E-state index contributed by atoms with van der Waals surface area (Å²) in [6, 6.07) is 6.58. The molecule has 0 aliphatic rings. The summed E-state index contributed by atoms with van der Waals surface area (Å²) in [5.41, 5.74) is 0.394. The first-order chi connectivity index (χ1) is 9.26. The minimum Gasteiger partial charge on any atom is -0.406 e. The maximum Gasteiger partial charge on any atom is 0.573 e. The number of alkyl halides is 3. The molecule has 2 aromatic rings. The Labute approximate surface area is 111 Å². The van der Waals surface area contributed by atoms with Gasteiger partial charge in [0.2, 0.25) is 0 Å².